The Morgan fingerprint density at radius 2 is 1.77 bits per heavy atom. The van der Waals surface area contributed by atoms with Gasteiger partial charge in [-0.05, 0) is 80.1 Å². The fourth-order valence-corrected chi connectivity index (χ4v) is 3.01. The van der Waals surface area contributed by atoms with Crippen molar-refractivity contribution in [2.45, 2.75) is 38.7 Å². The number of hydrogen-bond acceptors (Lipinski definition) is 4. The standard InChI is InChI=1S/C21H20N2O3/c1-14(20(24)23-19-10-6-15(13-22)7-11-19)26-21(25)18-9-8-16-4-2-3-5-17(16)12-18/h6-12,14H,2-5H2,1H3,(H,23,24)/t14-/m1/s1. The van der Waals surface area contributed by atoms with Gasteiger partial charge in [-0.3, -0.25) is 4.79 Å². The summed E-state index contributed by atoms with van der Waals surface area (Å²) in [7, 11) is 0. The van der Waals surface area contributed by atoms with Gasteiger partial charge in [-0.25, -0.2) is 4.79 Å². The summed E-state index contributed by atoms with van der Waals surface area (Å²) in [5.74, 6) is -0.915. The Kier molecular flexibility index (Phi) is 5.33. The molecule has 1 amide bonds. The number of anilines is 1. The van der Waals surface area contributed by atoms with Gasteiger partial charge in [0.25, 0.3) is 5.91 Å². The van der Waals surface area contributed by atoms with Crippen molar-refractivity contribution < 1.29 is 14.3 Å². The fraction of sp³-hybridized carbons (Fsp3) is 0.286. The van der Waals surface area contributed by atoms with E-state index in [1.165, 1.54) is 24.5 Å². The number of nitriles is 1. The predicted molar refractivity (Wildman–Crippen MR) is 97.7 cm³/mol. The van der Waals surface area contributed by atoms with Gasteiger partial charge in [-0.15, -0.1) is 0 Å². The summed E-state index contributed by atoms with van der Waals surface area (Å²) < 4.78 is 5.30. The lowest BCUT2D eigenvalue weighted by molar-refractivity contribution is -0.123. The Labute approximate surface area is 152 Å². The van der Waals surface area contributed by atoms with E-state index in [0.717, 1.165) is 19.3 Å². The summed E-state index contributed by atoms with van der Waals surface area (Å²) >= 11 is 0. The lowest BCUT2D eigenvalue weighted by Crippen LogP contribution is -2.30. The Balaban J connectivity index is 1.61. The average Bonchev–Trinajstić information content (AvgIpc) is 2.68. The van der Waals surface area contributed by atoms with E-state index in [0.29, 0.717) is 16.8 Å². The number of esters is 1. The van der Waals surface area contributed by atoms with Crippen molar-refractivity contribution in [2.24, 2.45) is 0 Å². The number of amides is 1. The molecule has 0 bridgehead atoms. The number of nitrogens with zero attached hydrogens (tertiary/aromatic N) is 1. The monoisotopic (exact) mass is 348 g/mol. The molecule has 3 rings (SSSR count). The maximum Gasteiger partial charge on any atom is 0.338 e. The zero-order chi connectivity index (χ0) is 18.5. The van der Waals surface area contributed by atoms with E-state index in [-0.39, 0.29) is 0 Å². The van der Waals surface area contributed by atoms with Crippen LogP contribution in [0.1, 0.15) is 46.8 Å². The van der Waals surface area contributed by atoms with Crippen LogP contribution in [0.5, 0.6) is 0 Å². The van der Waals surface area contributed by atoms with Crippen molar-refractivity contribution in [3.63, 3.8) is 0 Å². The van der Waals surface area contributed by atoms with Crippen molar-refractivity contribution >= 4 is 17.6 Å². The Bertz CT molecular complexity index is 866. The smallest absolute Gasteiger partial charge is 0.338 e. The van der Waals surface area contributed by atoms with Gasteiger partial charge >= 0.3 is 5.97 Å². The van der Waals surface area contributed by atoms with Crippen LogP contribution in [0, 0.1) is 11.3 Å². The Morgan fingerprint density at radius 1 is 1.08 bits per heavy atom. The average molecular weight is 348 g/mol. The molecule has 0 spiro atoms. The zero-order valence-corrected chi connectivity index (χ0v) is 14.6. The maximum atomic E-state index is 12.3. The Hall–Kier alpha value is -3.13. The van der Waals surface area contributed by atoms with Crippen molar-refractivity contribution in [2.75, 3.05) is 5.32 Å². The number of nitrogens with one attached hydrogen (secondary N) is 1. The molecule has 26 heavy (non-hydrogen) atoms. The second kappa shape index (κ2) is 7.83. The summed E-state index contributed by atoms with van der Waals surface area (Å²) in [5, 5.41) is 11.5. The minimum atomic E-state index is -0.922. The first kappa shape index (κ1) is 17.7. The quantitative estimate of drug-likeness (QED) is 0.856. The van der Waals surface area contributed by atoms with Crippen LogP contribution in [0.15, 0.2) is 42.5 Å². The molecular weight excluding hydrogens is 328 g/mol. The zero-order valence-electron chi connectivity index (χ0n) is 14.6. The summed E-state index contributed by atoms with van der Waals surface area (Å²) in [4.78, 5) is 24.6. The first-order valence-electron chi connectivity index (χ1n) is 8.70. The predicted octanol–water partition coefficient (Wildman–Crippen LogP) is 3.62. The maximum absolute atomic E-state index is 12.3. The third-order valence-corrected chi connectivity index (χ3v) is 4.52. The molecule has 0 saturated heterocycles. The highest BCUT2D eigenvalue weighted by Gasteiger charge is 2.20. The number of carbonyl (C=O) groups is 2. The van der Waals surface area contributed by atoms with Crippen molar-refractivity contribution in [3.05, 3.63) is 64.7 Å². The second-order valence-electron chi connectivity index (χ2n) is 6.42. The van der Waals surface area contributed by atoms with Gasteiger partial charge in [-0.2, -0.15) is 5.26 Å². The van der Waals surface area contributed by atoms with Crippen LogP contribution in [0.25, 0.3) is 0 Å². The molecule has 2 aromatic carbocycles. The van der Waals surface area contributed by atoms with Gasteiger partial charge in [0.15, 0.2) is 6.10 Å². The van der Waals surface area contributed by atoms with Crippen LogP contribution in [0.3, 0.4) is 0 Å². The first-order chi connectivity index (χ1) is 12.6. The molecule has 1 N–H and O–H groups in total. The number of rotatable bonds is 4. The molecule has 1 atom stereocenters. The number of hydrogen-bond donors (Lipinski definition) is 1. The molecule has 5 nitrogen and oxygen atoms in total. The third kappa shape index (κ3) is 4.09. The van der Waals surface area contributed by atoms with Gasteiger partial charge < -0.3 is 10.1 Å². The molecule has 5 heteroatoms. The molecule has 2 aromatic rings. The molecule has 0 fully saturated rings. The molecule has 132 valence electrons. The van der Waals surface area contributed by atoms with Gasteiger partial charge in [0.2, 0.25) is 0 Å². The van der Waals surface area contributed by atoms with Crippen molar-refractivity contribution in [1.82, 2.24) is 0 Å². The molecule has 0 aliphatic heterocycles. The number of benzene rings is 2. The van der Waals surface area contributed by atoms with Crippen LogP contribution in [-0.4, -0.2) is 18.0 Å². The first-order valence-corrected chi connectivity index (χ1v) is 8.70. The molecule has 0 aromatic heterocycles. The fourth-order valence-electron chi connectivity index (χ4n) is 3.01. The molecule has 1 aliphatic rings. The minimum Gasteiger partial charge on any atom is -0.449 e. The van der Waals surface area contributed by atoms with Gasteiger partial charge in [0.05, 0.1) is 17.2 Å². The molecule has 0 heterocycles. The summed E-state index contributed by atoms with van der Waals surface area (Å²) in [6.45, 7) is 1.54. The number of ether oxygens (including phenoxy) is 1. The molecule has 0 unspecified atom stereocenters. The number of aryl methyl sites for hydroxylation is 2. The van der Waals surface area contributed by atoms with Gasteiger partial charge in [-0.1, -0.05) is 6.07 Å². The second-order valence-corrected chi connectivity index (χ2v) is 6.42. The van der Waals surface area contributed by atoms with Crippen molar-refractivity contribution in [1.29, 1.82) is 5.26 Å². The number of fused-ring (bicyclic) bond motifs is 1. The molecule has 0 saturated carbocycles. The highest BCUT2D eigenvalue weighted by Crippen LogP contribution is 2.22. The topological polar surface area (TPSA) is 79.2 Å². The molecular formula is C21H20N2O3. The van der Waals surface area contributed by atoms with E-state index in [9.17, 15) is 9.59 Å². The largest absolute Gasteiger partial charge is 0.449 e. The number of carbonyl (C=O) groups excluding carboxylic acids is 2. The van der Waals surface area contributed by atoms with Gasteiger partial charge in [0, 0.05) is 5.69 Å². The summed E-state index contributed by atoms with van der Waals surface area (Å²) in [6.07, 6.45) is 3.42. The van der Waals surface area contributed by atoms with Crippen LogP contribution in [0.4, 0.5) is 5.69 Å². The van der Waals surface area contributed by atoms with E-state index in [4.69, 9.17) is 10.00 Å². The molecule has 1 aliphatic carbocycles. The Morgan fingerprint density at radius 3 is 2.46 bits per heavy atom. The lowest BCUT2D eigenvalue weighted by Gasteiger charge is -2.17. The van der Waals surface area contributed by atoms with E-state index in [2.05, 4.69) is 5.32 Å². The van der Waals surface area contributed by atoms with E-state index >= 15 is 0 Å². The van der Waals surface area contributed by atoms with E-state index in [1.54, 1.807) is 30.3 Å². The normalized spacial score (nSPS) is 13.8. The molecule has 0 radical (unpaired) electrons. The summed E-state index contributed by atoms with van der Waals surface area (Å²) in [5.41, 5.74) is 4.02. The highest BCUT2D eigenvalue weighted by atomic mass is 16.5. The van der Waals surface area contributed by atoms with Gasteiger partial charge in [0.1, 0.15) is 0 Å². The van der Waals surface area contributed by atoms with Crippen LogP contribution < -0.4 is 5.32 Å². The van der Waals surface area contributed by atoms with Crippen LogP contribution in [0.2, 0.25) is 0 Å². The summed E-state index contributed by atoms with van der Waals surface area (Å²) in [6, 6.07) is 14.1. The van der Waals surface area contributed by atoms with E-state index in [1.807, 2.05) is 18.2 Å². The highest BCUT2D eigenvalue weighted by molar-refractivity contribution is 5.97. The van der Waals surface area contributed by atoms with Crippen LogP contribution in [-0.2, 0) is 22.4 Å². The third-order valence-electron chi connectivity index (χ3n) is 4.52. The van der Waals surface area contributed by atoms with Crippen molar-refractivity contribution in [3.8, 4) is 6.07 Å². The lowest BCUT2D eigenvalue weighted by atomic mass is 9.90. The van der Waals surface area contributed by atoms with E-state index < -0.39 is 18.0 Å². The SMILES string of the molecule is C[C@@H](OC(=O)c1ccc2c(c1)CCCC2)C(=O)Nc1ccc(C#N)cc1. The van der Waals surface area contributed by atoms with Crippen LogP contribution >= 0.6 is 0 Å². The minimum absolute atomic E-state index is 0.416.